The van der Waals surface area contributed by atoms with E-state index in [9.17, 15) is 0 Å². The summed E-state index contributed by atoms with van der Waals surface area (Å²) in [5, 5.41) is 0. The Bertz CT molecular complexity index is 867. The van der Waals surface area contributed by atoms with Gasteiger partial charge in [0.1, 0.15) is 0 Å². The predicted molar refractivity (Wildman–Crippen MR) is 101 cm³/mol. The van der Waals surface area contributed by atoms with E-state index in [-0.39, 0.29) is 20.1 Å². The molecule has 4 aromatic rings. The van der Waals surface area contributed by atoms with Gasteiger partial charge in [0.2, 0.25) is 0 Å². The monoisotopic (exact) mass is 518 g/mol. The molecule has 0 aliphatic carbocycles. The Labute approximate surface area is 168 Å². The van der Waals surface area contributed by atoms with Crippen molar-refractivity contribution in [3.8, 4) is 22.6 Å². The van der Waals surface area contributed by atoms with Crippen LogP contribution < -0.4 is 0 Å². The number of hydrogen-bond donors (Lipinski definition) is 0. The zero-order valence-electron chi connectivity index (χ0n) is 14.7. The summed E-state index contributed by atoms with van der Waals surface area (Å²) in [6, 6.07) is 27.8. The van der Waals surface area contributed by atoms with Gasteiger partial charge in [-0.25, -0.2) is 0 Å². The van der Waals surface area contributed by atoms with Gasteiger partial charge in [0.25, 0.3) is 0 Å². The first kappa shape index (κ1) is 19.8. The third-order valence-electron chi connectivity index (χ3n) is 3.82. The molecule has 0 atom stereocenters. The van der Waals surface area contributed by atoms with Crippen LogP contribution in [0.3, 0.4) is 0 Å². The average Bonchev–Trinajstić information content (AvgIpc) is 3.03. The molecule has 0 saturated heterocycles. The number of pyridine rings is 1. The molecule has 0 amide bonds. The van der Waals surface area contributed by atoms with Crippen LogP contribution in [0.25, 0.3) is 22.6 Å². The minimum Gasteiger partial charge on any atom is -0.371 e. The molecule has 0 N–H and O–H groups in total. The molecule has 0 aliphatic rings. The Morgan fingerprint density at radius 3 is 1.96 bits per heavy atom. The van der Waals surface area contributed by atoms with Crippen molar-refractivity contribution in [1.29, 1.82) is 0 Å². The van der Waals surface area contributed by atoms with Crippen LogP contribution in [-0.4, -0.2) is 14.5 Å². The van der Waals surface area contributed by atoms with Crippen molar-refractivity contribution in [3.05, 3.63) is 97.0 Å². The third-order valence-corrected chi connectivity index (χ3v) is 3.82. The molecule has 2 aromatic heterocycles. The molecule has 0 aliphatic heterocycles. The van der Waals surface area contributed by atoms with E-state index in [0.29, 0.717) is 0 Å². The molecule has 0 saturated carbocycles. The number of hydrogen-bond acceptors (Lipinski definition) is 2. The van der Waals surface area contributed by atoms with Gasteiger partial charge in [0.15, 0.2) is 0 Å². The van der Waals surface area contributed by atoms with Crippen LogP contribution >= 0.6 is 0 Å². The number of imidazole rings is 1. The second-order valence-electron chi connectivity index (χ2n) is 5.55. The fraction of sp³-hybridized carbons (Fsp3) is 0.0909. The van der Waals surface area contributed by atoms with Gasteiger partial charge in [-0.05, 0) is 18.7 Å². The molecular weight excluding hydrogens is 498 g/mol. The van der Waals surface area contributed by atoms with Crippen molar-refractivity contribution in [3.63, 3.8) is 0 Å². The van der Waals surface area contributed by atoms with Crippen molar-refractivity contribution >= 4 is 0 Å². The van der Waals surface area contributed by atoms with Crippen LogP contribution in [-0.2, 0) is 27.2 Å². The third kappa shape index (κ3) is 4.98. The first-order valence-corrected chi connectivity index (χ1v) is 8.09. The van der Waals surface area contributed by atoms with E-state index in [4.69, 9.17) is 0 Å². The van der Waals surface area contributed by atoms with E-state index >= 15 is 0 Å². The molecule has 0 fully saturated rings. The molecule has 26 heavy (non-hydrogen) atoms. The normalized spacial score (nSPS) is 9.62. The van der Waals surface area contributed by atoms with Crippen LogP contribution in [0, 0.1) is 19.1 Å². The van der Waals surface area contributed by atoms with Crippen LogP contribution in [0.4, 0.5) is 0 Å². The number of aromatic nitrogens is 3. The van der Waals surface area contributed by atoms with Crippen LogP contribution in [0.15, 0.2) is 79.1 Å². The maximum absolute atomic E-state index is 4.32. The van der Waals surface area contributed by atoms with E-state index in [1.54, 1.807) is 6.20 Å². The number of rotatable bonds is 2. The quantitative estimate of drug-likeness (QED) is 0.360. The van der Waals surface area contributed by atoms with E-state index in [1.165, 1.54) is 0 Å². The summed E-state index contributed by atoms with van der Waals surface area (Å²) in [6.45, 7) is 2.04. The summed E-state index contributed by atoms with van der Waals surface area (Å²) < 4.78 is 2.06. The molecule has 2 aromatic carbocycles. The Morgan fingerprint density at radius 2 is 1.46 bits per heavy atom. The number of benzene rings is 2. The molecule has 1 radical (unpaired) electrons. The zero-order chi connectivity index (χ0) is 17.5. The van der Waals surface area contributed by atoms with Crippen LogP contribution in [0.1, 0.15) is 5.69 Å². The van der Waals surface area contributed by atoms with Gasteiger partial charge in [0, 0.05) is 45.2 Å². The summed E-state index contributed by atoms with van der Waals surface area (Å²) >= 11 is 0. The first-order valence-electron chi connectivity index (χ1n) is 8.09. The van der Waals surface area contributed by atoms with Crippen molar-refractivity contribution in [2.75, 3.05) is 0 Å². The smallest absolute Gasteiger partial charge is 0.0557 e. The second-order valence-corrected chi connectivity index (χ2v) is 5.55. The fourth-order valence-electron chi connectivity index (χ4n) is 2.35. The molecule has 4 rings (SSSR count). The van der Waals surface area contributed by atoms with Crippen molar-refractivity contribution in [2.45, 2.75) is 6.92 Å². The van der Waals surface area contributed by atoms with E-state index in [1.807, 2.05) is 86.9 Å². The minimum absolute atomic E-state index is 0. The van der Waals surface area contributed by atoms with E-state index < -0.39 is 0 Å². The summed E-state index contributed by atoms with van der Waals surface area (Å²) in [7, 11) is 2.01. The molecule has 4 heteroatoms. The Hall–Kier alpha value is -2.55. The average molecular weight is 518 g/mol. The van der Waals surface area contributed by atoms with Crippen molar-refractivity contribution in [1.82, 2.24) is 14.5 Å². The summed E-state index contributed by atoms with van der Waals surface area (Å²) in [5.41, 5.74) is 4.21. The summed E-state index contributed by atoms with van der Waals surface area (Å²) in [6.07, 6.45) is 3.66. The van der Waals surface area contributed by atoms with Gasteiger partial charge in [-0.15, -0.1) is 71.8 Å². The standard InChI is InChI=1S/C11H11N2.C11H8N.Ir/c1-9-8-12-11(13(9)2)10-6-4-3-5-7-10;1-2-6-10(7-3-1)11-8-4-5-9-12-11;/h3-6,8H,1-2H3;1-6,8-9H;/q2*-1;. The van der Waals surface area contributed by atoms with E-state index in [2.05, 4.69) is 26.7 Å². The van der Waals surface area contributed by atoms with Gasteiger partial charge in [0.05, 0.1) is 5.82 Å². The van der Waals surface area contributed by atoms with Gasteiger partial charge in [-0.1, -0.05) is 12.1 Å². The van der Waals surface area contributed by atoms with Crippen molar-refractivity contribution < 1.29 is 20.1 Å². The SMILES string of the molecule is Cc1cnc(-c2[c-]cccc2)n1C.[Ir].[c-]1ccccc1-c1ccccn1. The first-order chi connectivity index (χ1) is 12.3. The molecule has 3 nitrogen and oxygen atoms in total. The topological polar surface area (TPSA) is 30.7 Å². The summed E-state index contributed by atoms with van der Waals surface area (Å²) in [4.78, 5) is 8.54. The minimum atomic E-state index is 0. The number of aryl methyl sites for hydroxylation is 1. The van der Waals surface area contributed by atoms with Gasteiger partial charge < -0.3 is 9.55 Å². The maximum atomic E-state index is 4.32. The van der Waals surface area contributed by atoms with Crippen LogP contribution in [0.5, 0.6) is 0 Å². The molecule has 0 bridgehead atoms. The molecular formula is C22H19IrN3-2. The Balaban J connectivity index is 0.000000180. The van der Waals surface area contributed by atoms with Gasteiger partial charge >= 0.3 is 0 Å². The second kappa shape index (κ2) is 9.81. The zero-order valence-corrected chi connectivity index (χ0v) is 17.1. The molecule has 133 valence electrons. The van der Waals surface area contributed by atoms with Gasteiger partial charge in [-0.3, -0.25) is 4.98 Å². The molecule has 0 unspecified atom stereocenters. The predicted octanol–water partition coefficient (Wildman–Crippen LogP) is 4.74. The Kier molecular flexibility index (Phi) is 7.46. The fourth-order valence-corrected chi connectivity index (χ4v) is 2.35. The Morgan fingerprint density at radius 1 is 0.808 bits per heavy atom. The van der Waals surface area contributed by atoms with Crippen molar-refractivity contribution in [2.24, 2.45) is 7.05 Å². The number of nitrogens with zero attached hydrogens (tertiary/aromatic N) is 3. The van der Waals surface area contributed by atoms with Gasteiger partial charge in [-0.2, -0.15) is 0 Å². The summed E-state index contributed by atoms with van der Waals surface area (Å²) in [5.74, 6) is 0.970. The molecule has 0 spiro atoms. The largest absolute Gasteiger partial charge is 0.371 e. The molecule has 2 heterocycles. The maximum Gasteiger partial charge on any atom is 0.0557 e. The van der Waals surface area contributed by atoms with Crippen LogP contribution in [0.2, 0.25) is 0 Å². The van der Waals surface area contributed by atoms with E-state index in [0.717, 1.165) is 28.3 Å².